The third-order valence-corrected chi connectivity index (χ3v) is 4.99. The van der Waals surface area contributed by atoms with E-state index < -0.39 is 0 Å². The van der Waals surface area contributed by atoms with Crippen molar-refractivity contribution in [3.8, 4) is 0 Å². The lowest BCUT2D eigenvalue weighted by Gasteiger charge is -2.25. The Hall–Kier alpha value is -1.59. The molecule has 6 nitrogen and oxygen atoms in total. The van der Waals surface area contributed by atoms with E-state index in [1.165, 1.54) is 32.1 Å². The van der Waals surface area contributed by atoms with Gasteiger partial charge in [-0.2, -0.15) is 0 Å². The van der Waals surface area contributed by atoms with E-state index in [1.807, 2.05) is 0 Å². The zero-order valence-corrected chi connectivity index (χ0v) is 14.9. The fraction of sp³-hybridized carbons (Fsp3) is 0.824. The average Bonchev–Trinajstić information content (AvgIpc) is 3.22. The number of rotatable bonds is 8. The first-order valence-electron chi connectivity index (χ1n) is 9.12. The molecule has 1 heterocycles. The summed E-state index contributed by atoms with van der Waals surface area (Å²) < 4.78 is 2.10. The van der Waals surface area contributed by atoms with Crippen LogP contribution in [0.25, 0.3) is 0 Å². The fourth-order valence-corrected chi connectivity index (χ4v) is 3.37. The molecule has 1 aliphatic carbocycles. The monoisotopic (exact) mass is 320 g/mol. The molecule has 0 aliphatic heterocycles. The van der Waals surface area contributed by atoms with Gasteiger partial charge in [0.05, 0.1) is 0 Å². The number of aryl methyl sites for hydroxylation is 1. The molecule has 0 saturated heterocycles. The van der Waals surface area contributed by atoms with Crippen molar-refractivity contribution >= 4 is 5.96 Å². The lowest BCUT2D eigenvalue weighted by atomic mass is 9.84. The lowest BCUT2D eigenvalue weighted by Crippen LogP contribution is -2.39. The van der Waals surface area contributed by atoms with Crippen molar-refractivity contribution in [3.05, 3.63) is 12.2 Å². The van der Waals surface area contributed by atoms with Gasteiger partial charge in [-0.15, -0.1) is 10.2 Å². The Kier molecular flexibility index (Phi) is 6.86. The number of nitrogens with zero attached hydrogens (tertiary/aromatic N) is 4. The summed E-state index contributed by atoms with van der Waals surface area (Å²) in [6, 6.07) is 0. The summed E-state index contributed by atoms with van der Waals surface area (Å²) in [5, 5.41) is 14.9. The van der Waals surface area contributed by atoms with Crippen molar-refractivity contribution in [2.45, 2.75) is 65.8 Å². The van der Waals surface area contributed by atoms with Crippen LogP contribution in [-0.2, 0) is 13.0 Å². The van der Waals surface area contributed by atoms with Crippen LogP contribution in [0.1, 0.15) is 58.7 Å². The first-order valence-corrected chi connectivity index (χ1v) is 9.12. The van der Waals surface area contributed by atoms with Crippen LogP contribution in [0.3, 0.4) is 0 Å². The summed E-state index contributed by atoms with van der Waals surface area (Å²) in [6.45, 7) is 10.0. The van der Waals surface area contributed by atoms with Crippen LogP contribution < -0.4 is 10.6 Å². The highest BCUT2D eigenvalue weighted by atomic mass is 15.3. The van der Waals surface area contributed by atoms with Crippen molar-refractivity contribution in [2.24, 2.45) is 10.4 Å². The van der Waals surface area contributed by atoms with Gasteiger partial charge in [-0.05, 0) is 31.6 Å². The highest BCUT2D eigenvalue weighted by molar-refractivity contribution is 5.79. The Morgan fingerprint density at radius 1 is 1.26 bits per heavy atom. The topological polar surface area (TPSA) is 67.1 Å². The molecule has 0 unspecified atom stereocenters. The molecule has 0 bridgehead atoms. The summed E-state index contributed by atoms with van der Waals surface area (Å²) in [6.07, 6.45) is 9.32. The fourth-order valence-electron chi connectivity index (χ4n) is 3.37. The van der Waals surface area contributed by atoms with Crippen LogP contribution >= 0.6 is 0 Å². The van der Waals surface area contributed by atoms with Gasteiger partial charge < -0.3 is 15.2 Å². The van der Waals surface area contributed by atoms with Gasteiger partial charge in [-0.1, -0.05) is 26.7 Å². The molecule has 0 spiro atoms. The maximum atomic E-state index is 4.85. The summed E-state index contributed by atoms with van der Waals surface area (Å²) in [5.41, 5.74) is 0.437. The van der Waals surface area contributed by atoms with Gasteiger partial charge in [0.2, 0.25) is 0 Å². The zero-order valence-electron chi connectivity index (χ0n) is 14.9. The third kappa shape index (κ3) is 4.94. The largest absolute Gasteiger partial charge is 0.357 e. The summed E-state index contributed by atoms with van der Waals surface area (Å²) >= 11 is 0. The maximum Gasteiger partial charge on any atom is 0.191 e. The summed E-state index contributed by atoms with van der Waals surface area (Å²) in [5.74, 6) is 1.96. The van der Waals surface area contributed by atoms with E-state index in [4.69, 9.17) is 4.99 Å². The Labute approximate surface area is 140 Å². The smallest absolute Gasteiger partial charge is 0.191 e. The molecule has 1 saturated carbocycles. The van der Waals surface area contributed by atoms with E-state index in [9.17, 15) is 0 Å². The Morgan fingerprint density at radius 3 is 2.70 bits per heavy atom. The van der Waals surface area contributed by atoms with Crippen LogP contribution in [0.15, 0.2) is 11.3 Å². The number of hydrogen-bond acceptors (Lipinski definition) is 3. The Bertz CT molecular complexity index is 487. The Balaban J connectivity index is 1.86. The van der Waals surface area contributed by atoms with Gasteiger partial charge in [0, 0.05) is 32.6 Å². The molecular formula is C17H32N6. The molecule has 1 aromatic heterocycles. The van der Waals surface area contributed by atoms with Crippen LogP contribution in [-0.4, -0.2) is 40.4 Å². The molecule has 0 radical (unpaired) electrons. The highest BCUT2D eigenvalue weighted by Crippen LogP contribution is 2.41. The van der Waals surface area contributed by atoms with E-state index >= 15 is 0 Å². The van der Waals surface area contributed by atoms with Crippen LogP contribution in [0.4, 0.5) is 0 Å². The van der Waals surface area contributed by atoms with Gasteiger partial charge in [-0.3, -0.25) is 4.99 Å². The molecule has 0 atom stereocenters. The van der Waals surface area contributed by atoms with Crippen LogP contribution in [0.2, 0.25) is 0 Å². The molecule has 2 rings (SSSR count). The van der Waals surface area contributed by atoms with E-state index in [1.54, 1.807) is 6.33 Å². The molecular weight excluding hydrogens is 288 g/mol. The van der Waals surface area contributed by atoms with Crippen molar-refractivity contribution in [1.29, 1.82) is 0 Å². The van der Waals surface area contributed by atoms with Crippen LogP contribution in [0, 0.1) is 5.41 Å². The van der Waals surface area contributed by atoms with Crippen molar-refractivity contribution in [1.82, 2.24) is 25.4 Å². The average molecular weight is 320 g/mol. The zero-order chi connectivity index (χ0) is 16.5. The number of nitrogens with one attached hydrogen (secondary N) is 2. The maximum absolute atomic E-state index is 4.85. The van der Waals surface area contributed by atoms with Gasteiger partial charge in [0.15, 0.2) is 5.96 Å². The molecule has 0 amide bonds. The van der Waals surface area contributed by atoms with Gasteiger partial charge in [0.1, 0.15) is 12.2 Å². The summed E-state index contributed by atoms with van der Waals surface area (Å²) in [4.78, 5) is 4.85. The minimum atomic E-state index is 0.437. The second kappa shape index (κ2) is 8.89. The first kappa shape index (κ1) is 17.8. The van der Waals surface area contributed by atoms with Gasteiger partial charge >= 0.3 is 0 Å². The van der Waals surface area contributed by atoms with E-state index in [-0.39, 0.29) is 0 Å². The molecule has 130 valence electrons. The normalized spacial score (nSPS) is 17.4. The van der Waals surface area contributed by atoms with E-state index in [0.29, 0.717) is 5.41 Å². The molecule has 1 aliphatic rings. The van der Waals surface area contributed by atoms with Gasteiger partial charge in [-0.25, -0.2) is 0 Å². The molecule has 23 heavy (non-hydrogen) atoms. The predicted molar refractivity (Wildman–Crippen MR) is 94.6 cm³/mol. The van der Waals surface area contributed by atoms with Crippen molar-refractivity contribution < 1.29 is 0 Å². The minimum absolute atomic E-state index is 0.437. The number of aromatic nitrogens is 3. The van der Waals surface area contributed by atoms with E-state index in [0.717, 1.165) is 44.4 Å². The van der Waals surface area contributed by atoms with Crippen LogP contribution in [0.5, 0.6) is 0 Å². The minimum Gasteiger partial charge on any atom is -0.357 e. The lowest BCUT2D eigenvalue weighted by molar-refractivity contribution is 0.297. The van der Waals surface area contributed by atoms with Gasteiger partial charge in [0.25, 0.3) is 0 Å². The standard InChI is InChI=1S/C17H32N6/c1-4-15-22-21-14-23(15)12-11-19-16(18-6-3)20-13-17(5-2)9-7-8-10-17/h14H,4-13H2,1-3H3,(H2,18,19,20). The molecule has 1 aromatic rings. The number of guanidine groups is 1. The second-order valence-corrected chi connectivity index (χ2v) is 6.48. The van der Waals surface area contributed by atoms with Crippen molar-refractivity contribution in [3.63, 3.8) is 0 Å². The molecule has 2 N–H and O–H groups in total. The number of hydrogen-bond donors (Lipinski definition) is 2. The number of aliphatic imine (C=N–C) groups is 1. The quantitative estimate of drug-likeness (QED) is 0.570. The van der Waals surface area contributed by atoms with E-state index in [2.05, 4.69) is 46.2 Å². The third-order valence-electron chi connectivity index (χ3n) is 4.99. The highest BCUT2D eigenvalue weighted by Gasteiger charge is 2.31. The summed E-state index contributed by atoms with van der Waals surface area (Å²) in [7, 11) is 0. The molecule has 6 heteroatoms. The predicted octanol–water partition coefficient (Wildman–Crippen LogP) is 2.37. The second-order valence-electron chi connectivity index (χ2n) is 6.48. The Morgan fingerprint density at radius 2 is 2.04 bits per heavy atom. The molecule has 1 fully saturated rings. The molecule has 0 aromatic carbocycles. The first-order chi connectivity index (χ1) is 11.2. The SMILES string of the molecule is CCNC(=NCC1(CC)CCCC1)NCCn1cnnc1CC. The van der Waals surface area contributed by atoms with Crippen molar-refractivity contribution in [2.75, 3.05) is 19.6 Å².